The van der Waals surface area contributed by atoms with Crippen molar-refractivity contribution in [2.24, 2.45) is 5.92 Å². The van der Waals surface area contributed by atoms with Gasteiger partial charge in [0.25, 0.3) is 0 Å². The first-order valence-electron chi connectivity index (χ1n) is 14.1. The van der Waals surface area contributed by atoms with E-state index in [1.807, 2.05) is 121 Å². The van der Waals surface area contributed by atoms with Gasteiger partial charge in [-0.2, -0.15) is 0 Å². The van der Waals surface area contributed by atoms with Crippen LogP contribution in [0.4, 0.5) is 0 Å². The molecule has 0 saturated carbocycles. The molecular formula is C35H38O6. The molecule has 1 heterocycles. The van der Waals surface area contributed by atoms with Crippen molar-refractivity contribution in [3.8, 4) is 0 Å². The first kappa shape index (κ1) is 29.1. The Hall–Kier alpha value is -3.36. The van der Waals surface area contributed by atoms with Crippen molar-refractivity contribution >= 4 is 0 Å². The van der Waals surface area contributed by atoms with Crippen LogP contribution in [0.2, 0.25) is 0 Å². The lowest BCUT2D eigenvalue weighted by atomic mass is 9.89. The van der Waals surface area contributed by atoms with Crippen LogP contribution < -0.4 is 0 Å². The zero-order chi connectivity index (χ0) is 28.1. The Labute approximate surface area is 242 Å². The Bertz CT molecular complexity index is 1260. The fourth-order valence-electron chi connectivity index (χ4n) is 5.05. The summed E-state index contributed by atoms with van der Waals surface area (Å²) >= 11 is 0. The monoisotopic (exact) mass is 554 g/mol. The van der Waals surface area contributed by atoms with Gasteiger partial charge in [0.2, 0.25) is 0 Å². The molecule has 1 fully saturated rings. The third-order valence-electron chi connectivity index (χ3n) is 7.22. The van der Waals surface area contributed by atoms with Gasteiger partial charge in [0.1, 0.15) is 12.2 Å². The maximum absolute atomic E-state index is 10.7. The minimum Gasteiger partial charge on any atom is -0.396 e. The summed E-state index contributed by atoms with van der Waals surface area (Å²) in [4.78, 5) is 0. The summed E-state index contributed by atoms with van der Waals surface area (Å²) in [5, 5.41) is 10.7. The molecule has 6 nitrogen and oxygen atoms in total. The number of benzene rings is 4. The van der Waals surface area contributed by atoms with E-state index >= 15 is 0 Å². The lowest BCUT2D eigenvalue weighted by Gasteiger charge is -2.45. The highest BCUT2D eigenvalue weighted by Crippen LogP contribution is 2.33. The summed E-state index contributed by atoms with van der Waals surface area (Å²) in [5.74, 6) is -0.401. The second-order valence-corrected chi connectivity index (χ2v) is 10.2. The van der Waals surface area contributed by atoms with E-state index in [4.69, 9.17) is 23.7 Å². The van der Waals surface area contributed by atoms with E-state index in [2.05, 4.69) is 0 Å². The molecule has 5 rings (SSSR count). The molecular weight excluding hydrogens is 516 g/mol. The summed E-state index contributed by atoms with van der Waals surface area (Å²) in [6.07, 6.45) is -2.24. The van der Waals surface area contributed by atoms with Crippen molar-refractivity contribution < 1.29 is 28.8 Å². The molecule has 41 heavy (non-hydrogen) atoms. The molecule has 4 aromatic carbocycles. The normalized spacial score (nSPS) is 22.4. The van der Waals surface area contributed by atoms with Crippen LogP contribution in [0.15, 0.2) is 121 Å². The third-order valence-corrected chi connectivity index (χ3v) is 7.22. The molecule has 4 aromatic rings. The minimum atomic E-state index is -0.724. The van der Waals surface area contributed by atoms with Crippen LogP contribution >= 0.6 is 0 Å². The quantitative estimate of drug-likeness (QED) is 0.209. The fraction of sp³-hybridized carbons (Fsp3) is 0.314. The van der Waals surface area contributed by atoms with Crippen molar-refractivity contribution in [3.63, 3.8) is 0 Å². The van der Waals surface area contributed by atoms with Crippen molar-refractivity contribution in [1.29, 1.82) is 0 Å². The SMILES string of the molecule is OC[C@@H]1[C@@H](OCc2ccccc2)[C@@H](COCc2ccccc2)O[C@@H](OCc2ccccc2)[C@@H]1OCc1ccccc1. The standard InChI is InChI=1S/C35H38O6/c36-21-31-33(38-23-28-15-7-2-8-16-28)32(26-37-22-27-13-5-1-6-14-27)41-35(40-25-30-19-11-4-12-20-30)34(31)39-24-29-17-9-3-10-18-29/h1-20,31-36H,21-26H2/t31-,32-,33-,34-,35-/m1/s1. The van der Waals surface area contributed by atoms with Crippen LogP contribution in [-0.2, 0) is 50.1 Å². The number of ether oxygens (including phenoxy) is 5. The Morgan fingerprint density at radius 3 is 1.39 bits per heavy atom. The van der Waals surface area contributed by atoms with Gasteiger partial charge >= 0.3 is 0 Å². The van der Waals surface area contributed by atoms with E-state index in [9.17, 15) is 5.11 Å². The Morgan fingerprint density at radius 1 is 0.512 bits per heavy atom. The van der Waals surface area contributed by atoms with Crippen LogP contribution in [0.1, 0.15) is 22.3 Å². The Kier molecular flexibility index (Phi) is 11.1. The van der Waals surface area contributed by atoms with E-state index in [-0.39, 0.29) is 13.2 Å². The van der Waals surface area contributed by atoms with Gasteiger partial charge in [-0.05, 0) is 22.3 Å². The highest BCUT2D eigenvalue weighted by Gasteiger charge is 2.47. The van der Waals surface area contributed by atoms with E-state index in [1.165, 1.54) is 0 Å². The van der Waals surface area contributed by atoms with Crippen LogP contribution in [0.25, 0.3) is 0 Å². The number of aliphatic hydroxyl groups is 1. The van der Waals surface area contributed by atoms with E-state index < -0.39 is 30.5 Å². The van der Waals surface area contributed by atoms with Crippen LogP contribution in [-0.4, -0.2) is 42.9 Å². The molecule has 0 unspecified atom stereocenters. The predicted octanol–water partition coefficient (Wildman–Crippen LogP) is 5.92. The molecule has 0 amide bonds. The van der Waals surface area contributed by atoms with Crippen LogP contribution in [0.5, 0.6) is 0 Å². The molecule has 214 valence electrons. The van der Waals surface area contributed by atoms with Gasteiger partial charge in [-0.3, -0.25) is 0 Å². The van der Waals surface area contributed by atoms with Gasteiger partial charge in [0.15, 0.2) is 6.29 Å². The van der Waals surface area contributed by atoms with Crippen molar-refractivity contribution in [2.45, 2.75) is 51.0 Å². The first-order chi connectivity index (χ1) is 20.3. The maximum Gasteiger partial charge on any atom is 0.185 e. The van der Waals surface area contributed by atoms with Gasteiger partial charge < -0.3 is 28.8 Å². The van der Waals surface area contributed by atoms with E-state index in [0.717, 1.165) is 22.3 Å². The molecule has 0 spiro atoms. The van der Waals surface area contributed by atoms with Crippen molar-refractivity contribution in [1.82, 2.24) is 0 Å². The minimum absolute atomic E-state index is 0.150. The van der Waals surface area contributed by atoms with Gasteiger partial charge in [-0.25, -0.2) is 0 Å². The predicted molar refractivity (Wildman–Crippen MR) is 157 cm³/mol. The summed E-state index contributed by atoms with van der Waals surface area (Å²) in [5.41, 5.74) is 4.17. The number of rotatable bonds is 14. The molecule has 0 aliphatic carbocycles. The maximum atomic E-state index is 10.7. The molecule has 0 radical (unpaired) electrons. The van der Waals surface area contributed by atoms with Gasteiger partial charge in [-0.15, -0.1) is 0 Å². The Balaban J connectivity index is 1.36. The highest BCUT2D eigenvalue weighted by molar-refractivity contribution is 5.16. The molecule has 1 N–H and O–H groups in total. The van der Waals surface area contributed by atoms with Crippen LogP contribution in [0.3, 0.4) is 0 Å². The molecule has 0 bridgehead atoms. The fourth-order valence-corrected chi connectivity index (χ4v) is 5.05. The molecule has 1 aliphatic heterocycles. The average molecular weight is 555 g/mol. The van der Waals surface area contributed by atoms with Crippen molar-refractivity contribution in [2.75, 3.05) is 13.2 Å². The highest BCUT2D eigenvalue weighted by atomic mass is 16.7. The van der Waals surface area contributed by atoms with Gasteiger partial charge in [0, 0.05) is 5.92 Å². The second kappa shape index (κ2) is 15.6. The van der Waals surface area contributed by atoms with Crippen molar-refractivity contribution in [3.05, 3.63) is 144 Å². The first-order valence-corrected chi connectivity index (χ1v) is 14.1. The zero-order valence-electron chi connectivity index (χ0n) is 23.2. The smallest absolute Gasteiger partial charge is 0.185 e. The lowest BCUT2D eigenvalue weighted by Crippen LogP contribution is -2.59. The molecule has 1 saturated heterocycles. The second-order valence-electron chi connectivity index (χ2n) is 10.2. The molecule has 1 aliphatic rings. The molecule has 0 aromatic heterocycles. The van der Waals surface area contributed by atoms with Crippen LogP contribution in [0, 0.1) is 5.92 Å². The van der Waals surface area contributed by atoms with Gasteiger partial charge in [-0.1, -0.05) is 121 Å². The average Bonchev–Trinajstić information content (AvgIpc) is 3.04. The van der Waals surface area contributed by atoms with E-state index in [0.29, 0.717) is 26.4 Å². The van der Waals surface area contributed by atoms with Gasteiger partial charge in [0.05, 0.1) is 45.7 Å². The third kappa shape index (κ3) is 8.57. The topological polar surface area (TPSA) is 66.4 Å². The number of hydrogen-bond acceptors (Lipinski definition) is 6. The number of aliphatic hydroxyl groups excluding tert-OH is 1. The molecule has 5 atom stereocenters. The summed E-state index contributed by atoms with van der Waals surface area (Å²) in [6, 6.07) is 39.9. The largest absolute Gasteiger partial charge is 0.396 e. The summed E-state index contributed by atoms with van der Waals surface area (Å²) < 4.78 is 32.0. The zero-order valence-corrected chi connectivity index (χ0v) is 23.2. The number of hydrogen-bond donors (Lipinski definition) is 1. The van der Waals surface area contributed by atoms with E-state index in [1.54, 1.807) is 0 Å². The summed E-state index contributed by atoms with van der Waals surface area (Å²) in [6.45, 7) is 1.66. The lowest BCUT2D eigenvalue weighted by molar-refractivity contribution is -0.316. The Morgan fingerprint density at radius 2 is 0.927 bits per heavy atom. The molecule has 6 heteroatoms. The summed E-state index contributed by atoms with van der Waals surface area (Å²) in [7, 11) is 0.